The summed E-state index contributed by atoms with van der Waals surface area (Å²) >= 11 is 0. The molecule has 5 nitrogen and oxygen atoms in total. The number of fused-ring (bicyclic) bond motifs is 1. The van der Waals surface area contributed by atoms with E-state index in [-0.39, 0.29) is 5.91 Å². The smallest absolute Gasteiger partial charge is 0.255 e. The topological polar surface area (TPSA) is 59.8 Å². The highest BCUT2D eigenvalue weighted by Crippen LogP contribution is 2.20. The van der Waals surface area contributed by atoms with Crippen LogP contribution < -0.4 is 5.32 Å². The van der Waals surface area contributed by atoms with Gasteiger partial charge in [0.05, 0.1) is 17.6 Å². The second kappa shape index (κ2) is 5.26. The van der Waals surface area contributed by atoms with E-state index in [9.17, 15) is 4.79 Å². The minimum atomic E-state index is -0.125. The van der Waals surface area contributed by atoms with Gasteiger partial charge in [0.2, 0.25) is 0 Å². The van der Waals surface area contributed by atoms with Gasteiger partial charge in [0.25, 0.3) is 5.91 Å². The van der Waals surface area contributed by atoms with Gasteiger partial charge < -0.3 is 5.32 Å². The maximum Gasteiger partial charge on any atom is 0.255 e. The van der Waals surface area contributed by atoms with E-state index >= 15 is 0 Å². The van der Waals surface area contributed by atoms with Crippen molar-refractivity contribution in [1.82, 2.24) is 14.8 Å². The van der Waals surface area contributed by atoms with Gasteiger partial charge in [-0.25, -0.2) is 4.98 Å². The Bertz CT molecular complexity index is 880. The summed E-state index contributed by atoms with van der Waals surface area (Å²) in [5.74, 6) is -0.125. The third-order valence-corrected chi connectivity index (χ3v) is 3.75. The van der Waals surface area contributed by atoms with Gasteiger partial charge >= 0.3 is 0 Å². The molecular formula is C17H18N4O. The average Bonchev–Trinajstić information content (AvgIpc) is 2.73. The molecule has 2 aromatic heterocycles. The number of benzene rings is 1. The van der Waals surface area contributed by atoms with E-state index in [1.54, 1.807) is 10.9 Å². The summed E-state index contributed by atoms with van der Waals surface area (Å²) in [5.41, 5.74) is 5.16. The molecule has 0 aliphatic heterocycles. The number of carbonyl (C=O) groups is 1. The number of pyridine rings is 1. The third-order valence-electron chi connectivity index (χ3n) is 3.75. The molecule has 3 aromatic rings. The molecule has 22 heavy (non-hydrogen) atoms. The fourth-order valence-corrected chi connectivity index (χ4v) is 2.64. The molecule has 1 amide bonds. The van der Waals surface area contributed by atoms with Crippen LogP contribution in [-0.4, -0.2) is 20.7 Å². The monoisotopic (exact) mass is 294 g/mol. The number of carbonyl (C=O) groups excluding carboxylic acids is 1. The second-order valence-electron chi connectivity index (χ2n) is 5.58. The quantitative estimate of drug-likeness (QED) is 0.790. The molecule has 2 heterocycles. The lowest BCUT2D eigenvalue weighted by molar-refractivity contribution is 0.102. The predicted octanol–water partition coefficient (Wildman–Crippen LogP) is 3.15. The molecule has 3 rings (SSSR count). The number of aryl methyl sites for hydroxylation is 4. The lowest BCUT2D eigenvalue weighted by atomic mass is 10.1. The highest BCUT2D eigenvalue weighted by atomic mass is 16.1. The van der Waals surface area contributed by atoms with Crippen LogP contribution in [0.1, 0.15) is 27.2 Å². The Morgan fingerprint density at radius 1 is 1.18 bits per heavy atom. The van der Waals surface area contributed by atoms with Crippen LogP contribution in [0.2, 0.25) is 0 Å². The van der Waals surface area contributed by atoms with Crippen molar-refractivity contribution < 1.29 is 4.79 Å². The van der Waals surface area contributed by atoms with E-state index in [2.05, 4.69) is 15.4 Å². The van der Waals surface area contributed by atoms with Crippen LogP contribution >= 0.6 is 0 Å². The van der Waals surface area contributed by atoms with E-state index in [1.165, 1.54) is 0 Å². The van der Waals surface area contributed by atoms with Crippen molar-refractivity contribution >= 4 is 22.6 Å². The van der Waals surface area contributed by atoms with Gasteiger partial charge in [-0.1, -0.05) is 17.7 Å². The van der Waals surface area contributed by atoms with Gasteiger partial charge in [0, 0.05) is 18.0 Å². The Balaban J connectivity index is 1.92. The zero-order valence-electron chi connectivity index (χ0n) is 13.1. The molecule has 1 aromatic carbocycles. The number of anilines is 1. The zero-order valence-corrected chi connectivity index (χ0v) is 13.1. The summed E-state index contributed by atoms with van der Waals surface area (Å²) in [6.45, 7) is 5.88. The molecule has 0 radical (unpaired) electrons. The Labute approximate surface area is 129 Å². The van der Waals surface area contributed by atoms with E-state index in [0.29, 0.717) is 11.3 Å². The van der Waals surface area contributed by atoms with Crippen LogP contribution in [0.3, 0.4) is 0 Å². The summed E-state index contributed by atoms with van der Waals surface area (Å²) in [7, 11) is 1.86. The number of rotatable bonds is 2. The number of nitrogens with zero attached hydrogens (tertiary/aromatic N) is 3. The lowest BCUT2D eigenvalue weighted by Crippen LogP contribution is -2.13. The van der Waals surface area contributed by atoms with Crippen molar-refractivity contribution in [2.24, 2.45) is 7.05 Å². The van der Waals surface area contributed by atoms with Gasteiger partial charge in [-0.3, -0.25) is 9.48 Å². The summed E-state index contributed by atoms with van der Waals surface area (Å²) in [6, 6.07) is 7.70. The SMILES string of the molecule is Cc1ccc(C(=O)Nc2cnc3c(c2)c(C)nn3C)c(C)c1. The Hall–Kier alpha value is -2.69. The number of hydrogen-bond donors (Lipinski definition) is 1. The molecule has 0 unspecified atom stereocenters. The van der Waals surface area contributed by atoms with E-state index < -0.39 is 0 Å². The molecule has 112 valence electrons. The van der Waals surface area contributed by atoms with Crippen molar-refractivity contribution in [2.75, 3.05) is 5.32 Å². The van der Waals surface area contributed by atoms with Gasteiger partial charge in [-0.05, 0) is 38.5 Å². The van der Waals surface area contributed by atoms with Crippen molar-refractivity contribution in [1.29, 1.82) is 0 Å². The molecule has 0 fully saturated rings. The van der Waals surface area contributed by atoms with Crippen molar-refractivity contribution in [3.63, 3.8) is 0 Å². The van der Waals surface area contributed by atoms with E-state index in [1.807, 2.05) is 52.1 Å². The van der Waals surface area contributed by atoms with Crippen LogP contribution in [-0.2, 0) is 7.05 Å². The number of nitrogens with one attached hydrogen (secondary N) is 1. The molecule has 0 aliphatic carbocycles. The Kier molecular flexibility index (Phi) is 3.41. The Morgan fingerprint density at radius 2 is 1.95 bits per heavy atom. The molecular weight excluding hydrogens is 276 g/mol. The first-order chi connectivity index (χ1) is 10.5. The van der Waals surface area contributed by atoms with Crippen LogP contribution in [0.5, 0.6) is 0 Å². The molecule has 1 N–H and O–H groups in total. The molecule has 0 saturated carbocycles. The molecule has 0 spiro atoms. The summed E-state index contributed by atoms with van der Waals surface area (Å²) in [6.07, 6.45) is 1.66. The number of aromatic nitrogens is 3. The highest BCUT2D eigenvalue weighted by Gasteiger charge is 2.12. The van der Waals surface area contributed by atoms with Gasteiger partial charge in [-0.2, -0.15) is 5.10 Å². The first-order valence-corrected chi connectivity index (χ1v) is 7.13. The minimum absolute atomic E-state index is 0.125. The fourth-order valence-electron chi connectivity index (χ4n) is 2.64. The fraction of sp³-hybridized carbons (Fsp3) is 0.235. The Morgan fingerprint density at radius 3 is 2.68 bits per heavy atom. The lowest BCUT2D eigenvalue weighted by Gasteiger charge is -2.08. The predicted molar refractivity (Wildman–Crippen MR) is 87.1 cm³/mol. The molecule has 5 heteroatoms. The van der Waals surface area contributed by atoms with E-state index in [4.69, 9.17) is 0 Å². The summed E-state index contributed by atoms with van der Waals surface area (Å²) in [4.78, 5) is 16.8. The van der Waals surface area contributed by atoms with Crippen molar-refractivity contribution in [3.8, 4) is 0 Å². The standard InChI is InChI=1S/C17H18N4O/c1-10-5-6-14(11(2)7-10)17(22)19-13-8-15-12(3)20-21(4)16(15)18-9-13/h5-9H,1-4H3,(H,19,22). The summed E-state index contributed by atoms with van der Waals surface area (Å²) in [5, 5.41) is 8.19. The van der Waals surface area contributed by atoms with Crippen molar-refractivity contribution in [2.45, 2.75) is 20.8 Å². The molecule has 0 atom stereocenters. The van der Waals surface area contributed by atoms with Crippen LogP contribution in [0.25, 0.3) is 11.0 Å². The van der Waals surface area contributed by atoms with Gasteiger partial charge in [-0.15, -0.1) is 0 Å². The van der Waals surface area contributed by atoms with E-state index in [0.717, 1.165) is 27.9 Å². The molecule has 0 aliphatic rings. The number of hydrogen-bond acceptors (Lipinski definition) is 3. The third kappa shape index (κ3) is 2.45. The van der Waals surface area contributed by atoms with Gasteiger partial charge in [0.15, 0.2) is 5.65 Å². The highest BCUT2D eigenvalue weighted by molar-refractivity contribution is 6.05. The minimum Gasteiger partial charge on any atom is -0.321 e. The van der Waals surface area contributed by atoms with Crippen LogP contribution in [0, 0.1) is 20.8 Å². The van der Waals surface area contributed by atoms with Crippen molar-refractivity contribution in [3.05, 3.63) is 52.8 Å². The summed E-state index contributed by atoms with van der Waals surface area (Å²) < 4.78 is 1.74. The molecule has 0 bridgehead atoms. The number of amides is 1. The largest absolute Gasteiger partial charge is 0.321 e. The van der Waals surface area contributed by atoms with Gasteiger partial charge in [0.1, 0.15) is 0 Å². The van der Waals surface area contributed by atoms with Crippen LogP contribution in [0.15, 0.2) is 30.5 Å². The zero-order chi connectivity index (χ0) is 15.9. The van der Waals surface area contributed by atoms with Crippen LogP contribution in [0.4, 0.5) is 5.69 Å². The maximum absolute atomic E-state index is 12.4. The molecule has 0 saturated heterocycles. The maximum atomic E-state index is 12.4. The first kappa shape index (κ1) is 14.3. The normalized spacial score (nSPS) is 10.9. The first-order valence-electron chi connectivity index (χ1n) is 7.13. The average molecular weight is 294 g/mol. The second-order valence-corrected chi connectivity index (χ2v) is 5.58.